The Morgan fingerprint density at radius 2 is 1.95 bits per heavy atom. The number of rotatable bonds is 5. The predicted molar refractivity (Wildman–Crippen MR) is 78.3 cm³/mol. The first-order valence-corrected chi connectivity index (χ1v) is 8.25. The summed E-state index contributed by atoms with van der Waals surface area (Å²) >= 11 is 1.14. The van der Waals surface area contributed by atoms with Crippen LogP contribution in [0.15, 0.2) is 41.8 Å². The Morgan fingerprint density at radius 3 is 2.60 bits per heavy atom. The number of thiophene rings is 1. The van der Waals surface area contributed by atoms with Crippen molar-refractivity contribution in [2.75, 3.05) is 11.8 Å². The van der Waals surface area contributed by atoms with E-state index in [1.165, 1.54) is 13.2 Å². The maximum atomic E-state index is 12.1. The molecule has 0 aliphatic heterocycles. The van der Waals surface area contributed by atoms with Gasteiger partial charge in [-0.15, -0.1) is 11.3 Å². The summed E-state index contributed by atoms with van der Waals surface area (Å²) in [4.78, 5) is 11.5. The fourth-order valence-electron chi connectivity index (χ4n) is 1.63. The van der Waals surface area contributed by atoms with Crippen molar-refractivity contribution in [1.29, 1.82) is 0 Å². The highest BCUT2D eigenvalue weighted by molar-refractivity contribution is 7.92. The summed E-state index contributed by atoms with van der Waals surface area (Å²) in [5.41, 5.74) is 0.894. The summed E-state index contributed by atoms with van der Waals surface area (Å²) in [5.74, 6) is -0.713. The van der Waals surface area contributed by atoms with Gasteiger partial charge in [0.2, 0.25) is 10.0 Å². The first-order valence-electron chi connectivity index (χ1n) is 5.72. The van der Waals surface area contributed by atoms with E-state index in [1.807, 2.05) is 6.07 Å². The summed E-state index contributed by atoms with van der Waals surface area (Å²) in [6.07, 6.45) is 0. The molecule has 0 aliphatic rings. The summed E-state index contributed by atoms with van der Waals surface area (Å²) < 4.78 is 31.2. The Morgan fingerprint density at radius 1 is 1.25 bits per heavy atom. The predicted octanol–water partition coefficient (Wildman–Crippen LogP) is 2.48. The number of hydrogen-bond acceptors (Lipinski definition) is 5. The lowest BCUT2D eigenvalue weighted by atomic mass is 10.2. The van der Waals surface area contributed by atoms with Gasteiger partial charge in [-0.25, -0.2) is 13.2 Å². The molecule has 2 rings (SSSR count). The lowest BCUT2D eigenvalue weighted by molar-refractivity contribution is 0.0602. The van der Waals surface area contributed by atoms with Crippen LogP contribution in [0.3, 0.4) is 0 Å². The highest BCUT2D eigenvalue weighted by atomic mass is 32.2. The monoisotopic (exact) mass is 311 g/mol. The van der Waals surface area contributed by atoms with E-state index >= 15 is 0 Å². The maximum Gasteiger partial charge on any atom is 0.340 e. The number of esters is 1. The normalized spacial score (nSPS) is 11.1. The number of sulfonamides is 1. The van der Waals surface area contributed by atoms with Crippen molar-refractivity contribution >= 4 is 32.3 Å². The van der Waals surface area contributed by atoms with Crippen LogP contribution in [0.4, 0.5) is 5.00 Å². The van der Waals surface area contributed by atoms with E-state index in [2.05, 4.69) is 9.46 Å². The highest BCUT2D eigenvalue weighted by Crippen LogP contribution is 2.25. The van der Waals surface area contributed by atoms with Crippen LogP contribution in [-0.2, 0) is 20.5 Å². The first kappa shape index (κ1) is 14.5. The molecule has 0 saturated heterocycles. The minimum atomic E-state index is -3.57. The summed E-state index contributed by atoms with van der Waals surface area (Å²) in [6, 6.07) is 10.4. The van der Waals surface area contributed by atoms with Gasteiger partial charge in [-0.1, -0.05) is 30.3 Å². The van der Waals surface area contributed by atoms with Crippen LogP contribution in [-0.4, -0.2) is 21.5 Å². The maximum absolute atomic E-state index is 12.1. The number of hydrogen-bond donors (Lipinski definition) is 1. The van der Waals surface area contributed by atoms with Gasteiger partial charge in [0.1, 0.15) is 5.00 Å². The van der Waals surface area contributed by atoms with Gasteiger partial charge in [-0.05, 0) is 17.0 Å². The zero-order chi connectivity index (χ0) is 14.6. The molecular formula is C13H13NO4S2. The van der Waals surface area contributed by atoms with Crippen molar-refractivity contribution < 1.29 is 17.9 Å². The summed E-state index contributed by atoms with van der Waals surface area (Å²) in [6.45, 7) is 0. The lowest BCUT2D eigenvalue weighted by Crippen LogP contribution is -2.16. The Labute approximate surface area is 121 Å². The zero-order valence-corrected chi connectivity index (χ0v) is 12.3. The summed E-state index contributed by atoms with van der Waals surface area (Å²) in [7, 11) is -2.32. The molecule has 0 atom stereocenters. The third-order valence-electron chi connectivity index (χ3n) is 2.52. The quantitative estimate of drug-likeness (QED) is 0.861. The van der Waals surface area contributed by atoms with E-state index in [0.29, 0.717) is 5.56 Å². The molecule has 0 saturated carbocycles. The molecule has 7 heteroatoms. The zero-order valence-electron chi connectivity index (χ0n) is 10.7. The molecule has 2 aromatic rings. The number of methoxy groups -OCH3 is 1. The second kappa shape index (κ2) is 6.06. The van der Waals surface area contributed by atoms with Crippen molar-refractivity contribution in [2.24, 2.45) is 0 Å². The molecule has 0 radical (unpaired) electrons. The molecule has 0 amide bonds. The van der Waals surface area contributed by atoms with Crippen LogP contribution < -0.4 is 4.72 Å². The number of carbonyl (C=O) groups is 1. The number of ether oxygens (including phenoxy) is 1. The molecule has 1 heterocycles. The van der Waals surface area contributed by atoms with Crippen LogP contribution >= 0.6 is 11.3 Å². The minimum absolute atomic E-state index is 0.146. The molecule has 0 unspecified atom stereocenters. The Hall–Kier alpha value is -1.86. The van der Waals surface area contributed by atoms with Gasteiger partial charge in [0.25, 0.3) is 0 Å². The van der Waals surface area contributed by atoms with E-state index < -0.39 is 16.0 Å². The largest absolute Gasteiger partial charge is 0.465 e. The SMILES string of the molecule is COC(=O)c1ccsc1NS(=O)(=O)Cc1ccccc1. The van der Waals surface area contributed by atoms with Crippen molar-refractivity contribution in [2.45, 2.75) is 5.75 Å². The van der Waals surface area contributed by atoms with Gasteiger partial charge in [-0.3, -0.25) is 4.72 Å². The fraction of sp³-hybridized carbons (Fsp3) is 0.154. The molecule has 1 aromatic heterocycles. The van der Waals surface area contributed by atoms with Crippen LogP contribution in [0.5, 0.6) is 0 Å². The molecule has 0 fully saturated rings. The Bertz CT molecular complexity index is 692. The van der Waals surface area contributed by atoms with E-state index in [-0.39, 0.29) is 16.3 Å². The lowest BCUT2D eigenvalue weighted by Gasteiger charge is -2.08. The molecular weight excluding hydrogens is 298 g/mol. The third kappa shape index (κ3) is 3.58. The molecule has 1 aromatic carbocycles. The van der Waals surface area contributed by atoms with E-state index in [1.54, 1.807) is 29.6 Å². The Balaban J connectivity index is 2.17. The van der Waals surface area contributed by atoms with Crippen molar-refractivity contribution in [3.63, 3.8) is 0 Å². The highest BCUT2D eigenvalue weighted by Gasteiger charge is 2.18. The van der Waals surface area contributed by atoms with Crippen LogP contribution in [0, 0.1) is 0 Å². The van der Waals surface area contributed by atoms with Gasteiger partial charge in [0.15, 0.2) is 0 Å². The number of nitrogens with one attached hydrogen (secondary N) is 1. The first-order chi connectivity index (χ1) is 9.52. The van der Waals surface area contributed by atoms with Crippen molar-refractivity contribution in [3.05, 3.63) is 52.9 Å². The third-order valence-corrected chi connectivity index (χ3v) is 4.71. The standard InChI is InChI=1S/C13H13NO4S2/c1-18-13(15)11-7-8-19-12(11)14-20(16,17)9-10-5-3-2-4-6-10/h2-8,14H,9H2,1H3. The minimum Gasteiger partial charge on any atom is -0.465 e. The molecule has 5 nitrogen and oxygen atoms in total. The van der Waals surface area contributed by atoms with Crippen molar-refractivity contribution in [1.82, 2.24) is 0 Å². The van der Waals surface area contributed by atoms with E-state index in [9.17, 15) is 13.2 Å². The average Bonchev–Trinajstić information content (AvgIpc) is 2.85. The summed E-state index contributed by atoms with van der Waals surface area (Å²) in [5, 5.41) is 1.90. The second-order valence-electron chi connectivity index (χ2n) is 4.00. The van der Waals surface area contributed by atoms with Crippen LogP contribution in [0.1, 0.15) is 15.9 Å². The molecule has 106 valence electrons. The fourth-order valence-corrected chi connectivity index (χ4v) is 3.92. The van der Waals surface area contributed by atoms with Crippen LogP contribution in [0.2, 0.25) is 0 Å². The van der Waals surface area contributed by atoms with E-state index in [0.717, 1.165) is 11.3 Å². The number of benzene rings is 1. The van der Waals surface area contributed by atoms with Gasteiger partial charge in [-0.2, -0.15) is 0 Å². The smallest absolute Gasteiger partial charge is 0.340 e. The Kier molecular flexibility index (Phi) is 4.41. The van der Waals surface area contributed by atoms with Gasteiger partial charge in [0, 0.05) is 0 Å². The average molecular weight is 311 g/mol. The number of anilines is 1. The van der Waals surface area contributed by atoms with Crippen molar-refractivity contribution in [3.8, 4) is 0 Å². The van der Waals surface area contributed by atoms with Gasteiger partial charge in [0.05, 0.1) is 18.4 Å². The van der Waals surface area contributed by atoms with Gasteiger partial charge < -0.3 is 4.74 Å². The molecule has 0 spiro atoms. The number of carbonyl (C=O) groups excluding carboxylic acids is 1. The molecule has 1 N–H and O–H groups in total. The van der Waals surface area contributed by atoms with Gasteiger partial charge >= 0.3 is 5.97 Å². The topological polar surface area (TPSA) is 72.5 Å². The van der Waals surface area contributed by atoms with Crippen LogP contribution in [0.25, 0.3) is 0 Å². The molecule has 0 bridgehead atoms. The molecule has 20 heavy (non-hydrogen) atoms. The molecule has 0 aliphatic carbocycles. The van der Waals surface area contributed by atoms with E-state index in [4.69, 9.17) is 0 Å². The second-order valence-corrected chi connectivity index (χ2v) is 6.64.